The Bertz CT molecular complexity index is 3100. The molecule has 0 saturated carbocycles. The summed E-state index contributed by atoms with van der Waals surface area (Å²) in [6.45, 7) is 0.459. The molecule has 0 radical (unpaired) electrons. The molecular weight excluding hydrogens is 725 g/mol. The smallest absolute Gasteiger partial charge is 0.0743 e. The van der Waals surface area contributed by atoms with Gasteiger partial charge in [0.25, 0.3) is 0 Å². The number of nitrogens with two attached hydrogens (primary N) is 1. The molecule has 282 valence electrons. The zero-order valence-electron chi connectivity index (χ0n) is 33.0. The molecule has 3 aliphatic rings. The van der Waals surface area contributed by atoms with Crippen molar-refractivity contribution in [1.82, 2.24) is 0 Å². The quantitative estimate of drug-likeness (QED) is 0.138. The normalized spacial score (nSPS) is 14.5. The van der Waals surface area contributed by atoms with Crippen molar-refractivity contribution >= 4 is 11.4 Å². The summed E-state index contributed by atoms with van der Waals surface area (Å²) in [5, 5.41) is 0. The second-order valence-corrected chi connectivity index (χ2v) is 16.3. The first kappa shape index (κ1) is 34.5. The van der Waals surface area contributed by atoms with Gasteiger partial charge < -0.3 is 5.73 Å². The maximum Gasteiger partial charge on any atom is 0.0743 e. The minimum Gasteiger partial charge on any atom is -0.398 e. The highest BCUT2D eigenvalue weighted by atomic mass is 14.8. The van der Waals surface area contributed by atoms with Gasteiger partial charge in [0, 0.05) is 16.8 Å². The van der Waals surface area contributed by atoms with Crippen LogP contribution in [-0.4, -0.2) is 5.71 Å². The first-order valence-electron chi connectivity index (χ1n) is 20.9. The van der Waals surface area contributed by atoms with Crippen LogP contribution in [0.3, 0.4) is 0 Å². The molecule has 0 unspecified atom stereocenters. The molecule has 2 nitrogen and oxygen atoms in total. The number of nitrogen functional groups attached to an aromatic ring is 1. The molecule has 3 aliphatic carbocycles. The zero-order valence-corrected chi connectivity index (χ0v) is 33.0. The van der Waals surface area contributed by atoms with Crippen LogP contribution in [0.1, 0.15) is 61.2 Å². The molecule has 0 aliphatic heterocycles. The number of benzene rings is 9. The number of para-hydroxylation sites is 1. The van der Waals surface area contributed by atoms with E-state index in [9.17, 15) is 0 Å². The maximum atomic E-state index is 6.80. The number of hydrogen-bond donors (Lipinski definition) is 1. The fraction of sp³-hybridized carbons (Fsp3) is 0.0517. The van der Waals surface area contributed by atoms with Crippen LogP contribution in [0.25, 0.3) is 33.4 Å². The molecule has 2 heteroatoms. The minimum atomic E-state index is -0.591. The number of rotatable bonds is 5. The first-order chi connectivity index (χ1) is 29.7. The number of fused-ring (bicyclic) bond motifs is 16. The van der Waals surface area contributed by atoms with Crippen molar-refractivity contribution in [2.45, 2.75) is 17.4 Å². The largest absolute Gasteiger partial charge is 0.398 e. The Morgan fingerprint density at radius 1 is 0.367 bits per heavy atom. The SMILES string of the molecule is Nc1ccccc1C(=NCc1cccc2c1C1(c3ccccc3-c3ccccc31)c1ccccc1C21c2ccccc2-c2ccccc21)c1ccc(-c2ccccc2)cc1. The van der Waals surface area contributed by atoms with E-state index in [4.69, 9.17) is 10.7 Å². The van der Waals surface area contributed by atoms with E-state index in [1.807, 2.05) is 12.1 Å². The third kappa shape index (κ3) is 4.62. The van der Waals surface area contributed by atoms with Crippen molar-refractivity contribution < 1.29 is 0 Å². The molecule has 0 heterocycles. The molecule has 0 fully saturated rings. The summed E-state index contributed by atoms with van der Waals surface area (Å²) in [6.07, 6.45) is 0. The Morgan fingerprint density at radius 2 is 0.800 bits per heavy atom. The standard InChI is InChI=1S/C58H40N2/c59-54-32-15-8-24-46(54)56(40-35-33-39(34-36-40)38-17-2-1-3-18-38)60-37-41-19-16-31-53-55(41)58(49-27-11-6-22-44(49)45-23-7-12-28-50(45)58)52-30-14-13-29-51(52)57(53)47-25-9-4-20-42(47)43-21-5-10-26-48(43)57/h1-36H,37,59H2. The van der Waals surface area contributed by atoms with E-state index in [1.54, 1.807) is 0 Å². The van der Waals surface area contributed by atoms with Crippen LogP contribution in [0.15, 0.2) is 223 Å². The van der Waals surface area contributed by atoms with E-state index < -0.39 is 10.8 Å². The lowest BCUT2D eigenvalue weighted by atomic mass is 9.51. The van der Waals surface area contributed by atoms with Gasteiger partial charge in [0.1, 0.15) is 0 Å². The van der Waals surface area contributed by atoms with Crippen LogP contribution in [0.4, 0.5) is 5.69 Å². The van der Waals surface area contributed by atoms with Crippen molar-refractivity contribution in [1.29, 1.82) is 0 Å². The van der Waals surface area contributed by atoms with E-state index in [1.165, 1.54) is 83.5 Å². The number of aliphatic imine (C=N–C) groups is 1. The van der Waals surface area contributed by atoms with Crippen LogP contribution in [0.5, 0.6) is 0 Å². The number of hydrogen-bond acceptors (Lipinski definition) is 2. The lowest BCUT2D eigenvalue weighted by molar-refractivity contribution is 0.625. The van der Waals surface area contributed by atoms with Crippen molar-refractivity contribution in [3.8, 4) is 33.4 Å². The molecule has 2 spiro atoms. The molecule has 9 aromatic carbocycles. The summed E-state index contributed by atoms with van der Waals surface area (Å²) in [5.74, 6) is 0. The van der Waals surface area contributed by atoms with Gasteiger partial charge in [-0.25, -0.2) is 0 Å². The Balaban J connectivity index is 1.17. The average Bonchev–Trinajstić information content (AvgIpc) is 3.78. The lowest BCUT2D eigenvalue weighted by Crippen LogP contribution is -2.44. The molecule has 0 atom stereocenters. The van der Waals surface area contributed by atoms with Gasteiger partial charge in [-0.15, -0.1) is 0 Å². The van der Waals surface area contributed by atoms with Crippen molar-refractivity contribution in [3.63, 3.8) is 0 Å². The minimum absolute atomic E-state index is 0.459. The predicted molar refractivity (Wildman–Crippen MR) is 247 cm³/mol. The van der Waals surface area contributed by atoms with Crippen LogP contribution >= 0.6 is 0 Å². The second-order valence-electron chi connectivity index (χ2n) is 16.3. The van der Waals surface area contributed by atoms with E-state index in [0.29, 0.717) is 12.2 Å². The van der Waals surface area contributed by atoms with E-state index in [0.717, 1.165) is 16.8 Å². The Kier molecular flexibility index (Phi) is 7.61. The van der Waals surface area contributed by atoms with Crippen LogP contribution < -0.4 is 5.73 Å². The fourth-order valence-electron chi connectivity index (χ4n) is 11.2. The monoisotopic (exact) mass is 764 g/mol. The molecule has 60 heavy (non-hydrogen) atoms. The van der Waals surface area contributed by atoms with Gasteiger partial charge in [-0.05, 0) is 89.5 Å². The van der Waals surface area contributed by atoms with Crippen molar-refractivity contribution in [2.24, 2.45) is 4.99 Å². The van der Waals surface area contributed by atoms with Gasteiger partial charge in [0.05, 0.1) is 23.1 Å². The van der Waals surface area contributed by atoms with Gasteiger partial charge in [-0.1, -0.05) is 212 Å². The summed E-state index contributed by atoms with van der Waals surface area (Å²) >= 11 is 0. The summed E-state index contributed by atoms with van der Waals surface area (Å²) < 4.78 is 0. The summed E-state index contributed by atoms with van der Waals surface area (Å²) in [6, 6.07) is 80.1. The average molecular weight is 765 g/mol. The van der Waals surface area contributed by atoms with Crippen molar-refractivity contribution in [3.05, 3.63) is 280 Å². The van der Waals surface area contributed by atoms with Crippen LogP contribution in [0.2, 0.25) is 0 Å². The Morgan fingerprint density at radius 3 is 1.37 bits per heavy atom. The van der Waals surface area contributed by atoms with Gasteiger partial charge in [-0.2, -0.15) is 0 Å². The van der Waals surface area contributed by atoms with Gasteiger partial charge in [0.2, 0.25) is 0 Å². The Labute approximate surface area is 351 Å². The lowest BCUT2D eigenvalue weighted by Gasteiger charge is -2.49. The van der Waals surface area contributed by atoms with E-state index in [-0.39, 0.29) is 0 Å². The zero-order chi connectivity index (χ0) is 39.8. The van der Waals surface area contributed by atoms with E-state index >= 15 is 0 Å². The molecular formula is C58H40N2. The second kappa shape index (κ2) is 13.2. The van der Waals surface area contributed by atoms with Gasteiger partial charge >= 0.3 is 0 Å². The third-order valence-corrected chi connectivity index (χ3v) is 13.5. The van der Waals surface area contributed by atoms with Crippen LogP contribution in [-0.2, 0) is 17.4 Å². The molecule has 0 amide bonds. The predicted octanol–water partition coefficient (Wildman–Crippen LogP) is 13.0. The number of nitrogens with zero attached hydrogens (tertiary/aromatic N) is 1. The first-order valence-corrected chi connectivity index (χ1v) is 20.9. The molecule has 0 saturated heterocycles. The fourth-order valence-corrected chi connectivity index (χ4v) is 11.2. The maximum absolute atomic E-state index is 6.80. The highest BCUT2D eigenvalue weighted by molar-refractivity contribution is 6.15. The van der Waals surface area contributed by atoms with E-state index in [2.05, 4.69) is 206 Å². The van der Waals surface area contributed by atoms with Crippen LogP contribution in [0, 0.1) is 0 Å². The highest BCUT2D eigenvalue weighted by Crippen LogP contribution is 2.67. The third-order valence-electron chi connectivity index (χ3n) is 13.5. The van der Waals surface area contributed by atoms with Gasteiger partial charge in [0.15, 0.2) is 0 Å². The molecule has 12 rings (SSSR count). The topological polar surface area (TPSA) is 38.4 Å². The molecule has 9 aromatic rings. The highest BCUT2D eigenvalue weighted by Gasteiger charge is 2.59. The van der Waals surface area contributed by atoms with Crippen molar-refractivity contribution in [2.75, 3.05) is 5.73 Å². The molecule has 2 N–H and O–H groups in total. The summed E-state index contributed by atoms with van der Waals surface area (Å²) in [4.78, 5) is 5.67. The van der Waals surface area contributed by atoms with Gasteiger partial charge in [-0.3, -0.25) is 4.99 Å². The Hall–Kier alpha value is -7.55. The molecule has 0 aromatic heterocycles. The number of anilines is 1. The summed E-state index contributed by atoms with van der Waals surface area (Å²) in [5.41, 5.74) is 28.5. The molecule has 0 bridgehead atoms. The summed E-state index contributed by atoms with van der Waals surface area (Å²) in [7, 11) is 0.